The van der Waals surface area contributed by atoms with Gasteiger partial charge in [-0.25, -0.2) is 0 Å². The summed E-state index contributed by atoms with van der Waals surface area (Å²) in [6, 6.07) is 3.03. The van der Waals surface area contributed by atoms with Crippen molar-refractivity contribution in [1.29, 1.82) is 0 Å². The van der Waals surface area contributed by atoms with Gasteiger partial charge in [0.15, 0.2) is 6.61 Å². The van der Waals surface area contributed by atoms with E-state index in [9.17, 15) is 27.6 Å². The van der Waals surface area contributed by atoms with E-state index in [1.165, 1.54) is 11.0 Å². The van der Waals surface area contributed by atoms with E-state index in [1.807, 2.05) is 6.92 Å². The maximum absolute atomic E-state index is 12.8. The highest BCUT2D eigenvalue weighted by Gasteiger charge is 2.34. The number of amides is 2. The summed E-state index contributed by atoms with van der Waals surface area (Å²) in [5.74, 6) is -1.67. The molecular weight excluding hydrogens is 413 g/mol. The zero-order valence-electron chi connectivity index (χ0n) is 15.5. The molecule has 2 unspecified atom stereocenters. The Labute approximate surface area is 168 Å². The summed E-state index contributed by atoms with van der Waals surface area (Å²) >= 11 is 0.983. The minimum absolute atomic E-state index is 0.0519. The molecule has 29 heavy (non-hydrogen) atoms. The van der Waals surface area contributed by atoms with E-state index in [0.717, 1.165) is 23.9 Å². The van der Waals surface area contributed by atoms with Gasteiger partial charge in [0, 0.05) is 18.0 Å². The van der Waals surface area contributed by atoms with Crippen molar-refractivity contribution in [2.24, 2.45) is 0 Å². The second-order valence-corrected chi connectivity index (χ2v) is 7.93. The van der Waals surface area contributed by atoms with Crippen molar-refractivity contribution in [3.63, 3.8) is 0 Å². The number of ether oxygens (including phenoxy) is 2. The van der Waals surface area contributed by atoms with Gasteiger partial charge in [-0.1, -0.05) is 0 Å². The third-order valence-electron chi connectivity index (χ3n) is 4.43. The zero-order chi connectivity index (χ0) is 21.2. The van der Waals surface area contributed by atoms with E-state index in [2.05, 4.69) is 5.32 Å². The van der Waals surface area contributed by atoms with E-state index >= 15 is 0 Å². The third kappa shape index (κ3) is 5.41. The molecule has 11 heteroatoms. The van der Waals surface area contributed by atoms with E-state index in [0.29, 0.717) is 24.6 Å². The quantitative estimate of drug-likeness (QED) is 0.735. The molecule has 2 amide bonds. The van der Waals surface area contributed by atoms with Crippen LogP contribution >= 0.6 is 11.8 Å². The van der Waals surface area contributed by atoms with Gasteiger partial charge in [-0.3, -0.25) is 14.4 Å². The highest BCUT2D eigenvalue weighted by molar-refractivity contribution is 8.01. The summed E-state index contributed by atoms with van der Waals surface area (Å²) in [5, 5.41) is 1.54. The Morgan fingerprint density at radius 1 is 1.38 bits per heavy atom. The van der Waals surface area contributed by atoms with E-state index in [4.69, 9.17) is 9.47 Å². The number of esters is 1. The fraction of sp³-hybridized carbons (Fsp3) is 0.500. The van der Waals surface area contributed by atoms with E-state index in [1.54, 1.807) is 0 Å². The van der Waals surface area contributed by atoms with E-state index < -0.39 is 35.5 Å². The molecule has 1 aromatic carbocycles. The topological polar surface area (TPSA) is 84.9 Å². The number of anilines is 1. The molecule has 0 aliphatic carbocycles. The fourth-order valence-electron chi connectivity index (χ4n) is 2.95. The van der Waals surface area contributed by atoms with Gasteiger partial charge < -0.3 is 19.7 Å². The van der Waals surface area contributed by atoms with Crippen molar-refractivity contribution >= 4 is 35.2 Å². The van der Waals surface area contributed by atoms with Crippen LogP contribution in [-0.2, 0) is 30.0 Å². The molecule has 0 bridgehead atoms. The van der Waals surface area contributed by atoms with Crippen molar-refractivity contribution < 1.29 is 37.0 Å². The minimum atomic E-state index is -4.52. The van der Waals surface area contributed by atoms with Gasteiger partial charge in [-0.05, 0) is 25.1 Å². The molecule has 2 heterocycles. The molecular formula is C18H19F3N2O5S. The second-order valence-electron chi connectivity index (χ2n) is 6.69. The maximum atomic E-state index is 12.8. The fourth-order valence-corrected chi connectivity index (χ4v) is 4.03. The van der Waals surface area contributed by atoms with Gasteiger partial charge in [-0.2, -0.15) is 13.2 Å². The highest BCUT2D eigenvalue weighted by atomic mass is 32.2. The third-order valence-corrected chi connectivity index (χ3v) is 5.70. The summed E-state index contributed by atoms with van der Waals surface area (Å²) in [7, 11) is 0. The Bertz CT molecular complexity index is 817. The molecule has 2 atom stereocenters. The van der Waals surface area contributed by atoms with Crippen LogP contribution in [0.15, 0.2) is 23.1 Å². The van der Waals surface area contributed by atoms with Crippen LogP contribution in [0.4, 0.5) is 18.9 Å². The molecule has 2 aliphatic rings. The second kappa shape index (κ2) is 8.62. The molecule has 0 aromatic heterocycles. The number of thioether (sulfide) groups is 1. The summed E-state index contributed by atoms with van der Waals surface area (Å²) in [6.07, 6.45) is -4.91. The Balaban J connectivity index is 1.53. The highest BCUT2D eigenvalue weighted by Crippen LogP contribution is 2.40. The molecule has 1 saturated heterocycles. The van der Waals surface area contributed by atoms with Crippen LogP contribution in [0.25, 0.3) is 0 Å². The lowest BCUT2D eigenvalue weighted by Crippen LogP contribution is -2.46. The molecule has 1 aromatic rings. The summed E-state index contributed by atoms with van der Waals surface area (Å²) in [6.45, 7) is 2.64. The molecule has 2 aliphatic heterocycles. The summed E-state index contributed by atoms with van der Waals surface area (Å²) in [5.41, 5.74) is -0.818. The molecule has 3 rings (SSSR count). The maximum Gasteiger partial charge on any atom is 0.416 e. The molecule has 1 N–H and O–H groups in total. The lowest BCUT2D eigenvalue weighted by molar-refractivity contribution is -0.155. The molecule has 158 valence electrons. The lowest BCUT2D eigenvalue weighted by atomic mass is 10.1. The SMILES string of the molecule is CC1CN(C(=O)COC(=O)CC2Sc3ccc(C(F)(F)F)cc3NC2=O)CCO1. The molecule has 0 radical (unpaired) electrons. The number of fused-ring (bicyclic) bond motifs is 1. The normalized spacial score (nSPS) is 21.9. The first kappa shape index (κ1) is 21.4. The van der Waals surface area contributed by atoms with Gasteiger partial charge in [0.25, 0.3) is 5.91 Å². The van der Waals surface area contributed by atoms with Crippen LogP contribution in [0.3, 0.4) is 0 Å². The number of hydrogen-bond donors (Lipinski definition) is 1. The first-order valence-electron chi connectivity index (χ1n) is 8.87. The summed E-state index contributed by atoms with van der Waals surface area (Å²) in [4.78, 5) is 38.3. The number of nitrogens with zero attached hydrogens (tertiary/aromatic N) is 1. The van der Waals surface area contributed by atoms with Crippen LogP contribution in [0.1, 0.15) is 18.9 Å². The molecule has 0 saturated carbocycles. The van der Waals surface area contributed by atoms with Crippen molar-refractivity contribution in [2.45, 2.75) is 35.8 Å². The van der Waals surface area contributed by atoms with Crippen molar-refractivity contribution in [1.82, 2.24) is 4.90 Å². The monoisotopic (exact) mass is 432 g/mol. The van der Waals surface area contributed by atoms with E-state index in [-0.39, 0.29) is 24.1 Å². The van der Waals surface area contributed by atoms with Crippen LogP contribution in [0, 0.1) is 0 Å². The van der Waals surface area contributed by atoms with Gasteiger partial charge in [0.1, 0.15) is 0 Å². The molecule has 1 fully saturated rings. The van der Waals surface area contributed by atoms with Crippen LogP contribution in [-0.4, -0.2) is 60.3 Å². The Morgan fingerprint density at radius 3 is 2.83 bits per heavy atom. The number of nitrogens with one attached hydrogen (secondary N) is 1. The van der Waals surface area contributed by atoms with Crippen LogP contribution in [0.5, 0.6) is 0 Å². The number of morpholine rings is 1. The predicted octanol–water partition coefficient (Wildman–Crippen LogP) is 2.30. The van der Waals surface area contributed by atoms with Crippen molar-refractivity contribution in [3.8, 4) is 0 Å². The largest absolute Gasteiger partial charge is 0.456 e. The average molecular weight is 432 g/mol. The van der Waals surface area contributed by atoms with Gasteiger partial charge in [0.05, 0.1) is 35.6 Å². The number of benzene rings is 1. The zero-order valence-corrected chi connectivity index (χ0v) is 16.3. The standard InChI is InChI=1S/C18H19F3N2O5S/c1-10-8-23(4-5-27-10)15(24)9-28-16(25)7-14-17(26)22-12-6-11(18(19,20)21)2-3-13(12)29-14/h2-3,6,10,14H,4-5,7-9H2,1H3,(H,22,26). The Morgan fingerprint density at radius 2 is 2.14 bits per heavy atom. The number of rotatable bonds is 4. The number of carbonyl (C=O) groups is 3. The van der Waals surface area contributed by atoms with Gasteiger partial charge in [0.2, 0.25) is 5.91 Å². The van der Waals surface area contributed by atoms with Gasteiger partial charge >= 0.3 is 12.1 Å². The van der Waals surface area contributed by atoms with Crippen LogP contribution in [0.2, 0.25) is 0 Å². The average Bonchev–Trinajstić information content (AvgIpc) is 2.65. The smallest absolute Gasteiger partial charge is 0.416 e. The lowest BCUT2D eigenvalue weighted by Gasteiger charge is -2.31. The number of hydrogen-bond acceptors (Lipinski definition) is 6. The van der Waals surface area contributed by atoms with Crippen molar-refractivity contribution in [2.75, 3.05) is 31.6 Å². The number of alkyl halides is 3. The first-order chi connectivity index (χ1) is 13.6. The predicted molar refractivity (Wildman–Crippen MR) is 97.3 cm³/mol. The first-order valence-corrected chi connectivity index (χ1v) is 9.75. The Hall–Kier alpha value is -2.27. The molecule has 7 nitrogen and oxygen atoms in total. The number of halogens is 3. The Kier molecular flexibility index (Phi) is 6.37. The minimum Gasteiger partial charge on any atom is -0.456 e. The van der Waals surface area contributed by atoms with Crippen LogP contribution < -0.4 is 5.32 Å². The summed E-state index contributed by atoms with van der Waals surface area (Å²) < 4.78 is 48.7. The molecule has 0 spiro atoms. The van der Waals surface area contributed by atoms with Crippen molar-refractivity contribution in [3.05, 3.63) is 23.8 Å². The number of carbonyl (C=O) groups excluding carboxylic acids is 3. The van der Waals surface area contributed by atoms with Gasteiger partial charge in [-0.15, -0.1) is 11.8 Å².